The van der Waals surface area contributed by atoms with Gasteiger partial charge < -0.3 is 15.0 Å². The molecule has 0 radical (unpaired) electrons. The Labute approximate surface area is 191 Å². The van der Waals surface area contributed by atoms with Crippen LogP contribution < -0.4 is 5.32 Å². The van der Waals surface area contributed by atoms with E-state index in [4.69, 9.17) is 9.72 Å². The number of amides is 2. The van der Waals surface area contributed by atoms with E-state index in [9.17, 15) is 9.59 Å². The number of carbonyl (C=O) groups is 2. The third kappa shape index (κ3) is 4.62. The van der Waals surface area contributed by atoms with Crippen LogP contribution in [0.15, 0.2) is 12.3 Å². The monoisotopic (exact) mass is 442 g/mol. The Morgan fingerprint density at radius 1 is 1.19 bits per heavy atom. The van der Waals surface area contributed by atoms with Gasteiger partial charge in [-0.15, -0.1) is 0 Å². The SMILES string of the molecule is CCOC(=O)N[C@]1(C)C[C@H](C(=O)N2CCC3(CC2)CC(c2ccnc(C(C)(C)C)n2)C3)C1. The van der Waals surface area contributed by atoms with E-state index in [1.165, 1.54) is 18.5 Å². The van der Waals surface area contributed by atoms with Crippen LogP contribution in [0.3, 0.4) is 0 Å². The molecule has 1 N–H and O–H groups in total. The molecule has 7 nitrogen and oxygen atoms in total. The molecule has 0 unspecified atom stereocenters. The van der Waals surface area contributed by atoms with Gasteiger partial charge in [-0.25, -0.2) is 14.8 Å². The summed E-state index contributed by atoms with van der Waals surface area (Å²) in [6, 6.07) is 2.07. The van der Waals surface area contributed by atoms with E-state index in [0.29, 0.717) is 30.8 Å². The fourth-order valence-electron chi connectivity index (χ4n) is 5.74. The average molecular weight is 443 g/mol. The van der Waals surface area contributed by atoms with Gasteiger partial charge in [0.2, 0.25) is 5.91 Å². The lowest BCUT2D eigenvalue weighted by Gasteiger charge is -2.53. The average Bonchev–Trinajstić information content (AvgIpc) is 2.69. The highest BCUT2D eigenvalue weighted by molar-refractivity contribution is 5.81. The Balaban J connectivity index is 1.24. The van der Waals surface area contributed by atoms with E-state index in [1.807, 2.05) is 13.1 Å². The Bertz CT molecular complexity index is 856. The lowest BCUT2D eigenvalue weighted by atomic mass is 9.56. The van der Waals surface area contributed by atoms with Crippen LogP contribution in [0.4, 0.5) is 4.79 Å². The lowest BCUT2D eigenvalue weighted by molar-refractivity contribution is -0.144. The van der Waals surface area contributed by atoms with Crippen LogP contribution in [-0.4, -0.2) is 52.1 Å². The molecule has 4 rings (SSSR count). The van der Waals surface area contributed by atoms with Crippen LogP contribution >= 0.6 is 0 Å². The van der Waals surface area contributed by atoms with Gasteiger partial charge >= 0.3 is 6.09 Å². The van der Waals surface area contributed by atoms with E-state index < -0.39 is 6.09 Å². The zero-order valence-electron chi connectivity index (χ0n) is 20.2. The minimum absolute atomic E-state index is 0.0157. The fraction of sp³-hybridized carbons (Fsp3) is 0.760. The highest BCUT2D eigenvalue weighted by Gasteiger charge is 2.50. The molecule has 0 bridgehead atoms. The lowest BCUT2D eigenvalue weighted by Crippen LogP contribution is -2.59. The Hall–Kier alpha value is -2.18. The summed E-state index contributed by atoms with van der Waals surface area (Å²) in [4.78, 5) is 36.1. The van der Waals surface area contributed by atoms with Crippen LogP contribution in [0, 0.1) is 11.3 Å². The molecule has 0 atom stereocenters. The van der Waals surface area contributed by atoms with E-state index >= 15 is 0 Å². The summed E-state index contributed by atoms with van der Waals surface area (Å²) in [5, 5.41) is 2.90. The molecule has 2 saturated carbocycles. The third-order valence-corrected chi connectivity index (χ3v) is 7.68. The van der Waals surface area contributed by atoms with Crippen molar-refractivity contribution in [1.29, 1.82) is 0 Å². The first-order chi connectivity index (χ1) is 15.0. The summed E-state index contributed by atoms with van der Waals surface area (Å²) in [6.45, 7) is 12.3. The minimum Gasteiger partial charge on any atom is -0.450 e. The Kier molecular flexibility index (Phi) is 5.97. The second-order valence-corrected chi connectivity index (χ2v) is 11.5. The maximum Gasteiger partial charge on any atom is 0.407 e. The largest absolute Gasteiger partial charge is 0.450 e. The molecule has 2 aliphatic carbocycles. The number of hydrogen-bond donors (Lipinski definition) is 1. The summed E-state index contributed by atoms with van der Waals surface area (Å²) in [5.41, 5.74) is 1.19. The highest BCUT2D eigenvalue weighted by atomic mass is 16.5. The number of rotatable bonds is 4. The van der Waals surface area contributed by atoms with Gasteiger partial charge in [0.15, 0.2) is 0 Å². The van der Waals surface area contributed by atoms with Gasteiger partial charge in [-0.2, -0.15) is 0 Å². The van der Waals surface area contributed by atoms with Crippen LogP contribution in [-0.2, 0) is 14.9 Å². The van der Waals surface area contributed by atoms with Gasteiger partial charge in [0, 0.05) is 47.8 Å². The maximum absolute atomic E-state index is 13.0. The van der Waals surface area contributed by atoms with Crippen LogP contribution in [0.25, 0.3) is 0 Å². The van der Waals surface area contributed by atoms with Gasteiger partial charge in [-0.05, 0) is 63.9 Å². The van der Waals surface area contributed by atoms with Crippen molar-refractivity contribution < 1.29 is 14.3 Å². The summed E-state index contributed by atoms with van der Waals surface area (Å²) in [7, 11) is 0. The fourth-order valence-corrected chi connectivity index (χ4v) is 5.74. The molecular weight excluding hydrogens is 404 g/mol. The summed E-state index contributed by atoms with van der Waals surface area (Å²) in [6.07, 6.45) is 7.39. The van der Waals surface area contributed by atoms with Gasteiger partial charge in [0.1, 0.15) is 5.82 Å². The van der Waals surface area contributed by atoms with Crippen molar-refractivity contribution in [1.82, 2.24) is 20.2 Å². The van der Waals surface area contributed by atoms with Crippen molar-refractivity contribution in [3.05, 3.63) is 23.8 Å². The molecule has 2 amide bonds. The van der Waals surface area contributed by atoms with Crippen molar-refractivity contribution >= 4 is 12.0 Å². The quantitative estimate of drug-likeness (QED) is 0.756. The van der Waals surface area contributed by atoms with Gasteiger partial charge in [0.05, 0.1) is 6.61 Å². The molecule has 2 heterocycles. The van der Waals surface area contributed by atoms with Gasteiger partial charge in [-0.3, -0.25) is 4.79 Å². The van der Waals surface area contributed by atoms with E-state index in [0.717, 1.165) is 31.8 Å². The first kappa shape index (κ1) is 23.0. The Morgan fingerprint density at radius 3 is 2.44 bits per heavy atom. The molecule has 7 heteroatoms. The molecule has 1 saturated heterocycles. The minimum atomic E-state index is -0.390. The van der Waals surface area contributed by atoms with E-state index in [-0.39, 0.29) is 22.8 Å². The van der Waals surface area contributed by atoms with Crippen molar-refractivity contribution in [3.8, 4) is 0 Å². The van der Waals surface area contributed by atoms with Gasteiger partial charge in [-0.1, -0.05) is 20.8 Å². The molecule has 32 heavy (non-hydrogen) atoms. The summed E-state index contributed by atoms with van der Waals surface area (Å²) in [5.74, 6) is 1.70. The van der Waals surface area contributed by atoms with Crippen molar-refractivity contribution in [2.75, 3.05) is 19.7 Å². The van der Waals surface area contributed by atoms with Crippen LogP contribution in [0.2, 0.25) is 0 Å². The second kappa shape index (κ2) is 8.31. The highest BCUT2D eigenvalue weighted by Crippen LogP contribution is 2.56. The number of nitrogens with one attached hydrogen (secondary N) is 1. The number of ether oxygens (including phenoxy) is 1. The van der Waals surface area contributed by atoms with Crippen LogP contribution in [0.1, 0.15) is 90.6 Å². The number of hydrogen-bond acceptors (Lipinski definition) is 5. The van der Waals surface area contributed by atoms with E-state index in [2.05, 4.69) is 42.0 Å². The first-order valence-electron chi connectivity index (χ1n) is 12.1. The predicted octanol–water partition coefficient (Wildman–Crippen LogP) is 4.18. The van der Waals surface area contributed by atoms with Crippen LogP contribution in [0.5, 0.6) is 0 Å². The first-order valence-corrected chi connectivity index (χ1v) is 12.1. The number of likely N-dealkylation sites (tertiary alicyclic amines) is 1. The number of carbonyl (C=O) groups excluding carboxylic acids is 2. The molecule has 1 aromatic rings. The summed E-state index contributed by atoms with van der Waals surface area (Å²) < 4.78 is 4.98. The number of piperidine rings is 1. The van der Waals surface area contributed by atoms with Crippen molar-refractivity contribution in [3.63, 3.8) is 0 Å². The maximum atomic E-state index is 13.0. The van der Waals surface area contributed by atoms with Crippen molar-refractivity contribution in [2.45, 2.75) is 90.0 Å². The zero-order chi connectivity index (χ0) is 23.1. The molecule has 1 aliphatic heterocycles. The third-order valence-electron chi connectivity index (χ3n) is 7.68. The van der Waals surface area contributed by atoms with Crippen molar-refractivity contribution in [2.24, 2.45) is 11.3 Å². The molecule has 0 aromatic carbocycles. The molecule has 1 aromatic heterocycles. The standard InChI is InChI=1S/C25H38N4O3/c1-6-32-22(31)28-24(5)13-18(14-24)20(30)29-11-8-25(9-12-29)15-17(16-25)19-7-10-26-21(27-19)23(2,3)4/h7,10,17-18H,6,8-9,11-16H2,1-5H3,(H,28,31)/t18-,24+. The molecular formula is C25H38N4O3. The Morgan fingerprint density at radius 2 is 1.84 bits per heavy atom. The normalized spacial score (nSPS) is 27.4. The number of aromatic nitrogens is 2. The summed E-state index contributed by atoms with van der Waals surface area (Å²) >= 11 is 0. The topological polar surface area (TPSA) is 84.4 Å². The molecule has 176 valence electrons. The molecule has 1 spiro atoms. The predicted molar refractivity (Wildman–Crippen MR) is 122 cm³/mol. The second-order valence-electron chi connectivity index (χ2n) is 11.5. The van der Waals surface area contributed by atoms with E-state index in [1.54, 1.807) is 6.92 Å². The van der Waals surface area contributed by atoms with Gasteiger partial charge in [0.25, 0.3) is 0 Å². The molecule has 3 aliphatic rings. The number of nitrogens with zero attached hydrogens (tertiary/aromatic N) is 3. The molecule has 3 fully saturated rings. The smallest absolute Gasteiger partial charge is 0.407 e. The number of alkyl carbamates (subject to hydrolysis) is 1. The zero-order valence-corrected chi connectivity index (χ0v) is 20.2.